The van der Waals surface area contributed by atoms with Crippen molar-refractivity contribution in [1.29, 1.82) is 0 Å². The van der Waals surface area contributed by atoms with Gasteiger partial charge in [-0.3, -0.25) is 9.48 Å². The molecule has 2 aromatic rings. The molecule has 3 heterocycles. The quantitative estimate of drug-likeness (QED) is 0.924. The van der Waals surface area contributed by atoms with Crippen LogP contribution in [0.5, 0.6) is 0 Å². The van der Waals surface area contributed by atoms with Gasteiger partial charge in [0, 0.05) is 12.7 Å². The van der Waals surface area contributed by atoms with Crippen LogP contribution in [-0.2, 0) is 11.3 Å². The van der Waals surface area contributed by atoms with E-state index < -0.39 is 12.0 Å². The zero-order valence-corrected chi connectivity index (χ0v) is 13.1. The number of nitrogens with zero attached hydrogens (tertiary/aromatic N) is 3. The number of aromatic nitrogens is 2. The van der Waals surface area contributed by atoms with Crippen LogP contribution in [0.15, 0.2) is 28.9 Å². The largest absolute Gasteiger partial charge is 0.480 e. The molecule has 3 rings (SSSR count). The number of likely N-dealkylation sites (tertiary alicyclic amines) is 1. The second-order valence-corrected chi connectivity index (χ2v) is 5.91. The Morgan fingerprint density at radius 2 is 2.22 bits per heavy atom. The molecule has 0 spiro atoms. The van der Waals surface area contributed by atoms with E-state index in [-0.39, 0.29) is 11.7 Å². The SMILES string of the molecule is O=C(O)[C@@H]1CCCCN1C(=O)c1ccc(Cn2cc(Cl)cn2)o1. The van der Waals surface area contributed by atoms with Crippen LogP contribution in [-0.4, -0.2) is 44.3 Å². The van der Waals surface area contributed by atoms with E-state index in [2.05, 4.69) is 5.10 Å². The Morgan fingerprint density at radius 1 is 1.39 bits per heavy atom. The van der Waals surface area contributed by atoms with Crippen LogP contribution in [0.2, 0.25) is 5.02 Å². The average molecular weight is 338 g/mol. The van der Waals surface area contributed by atoms with Gasteiger partial charge in [0.1, 0.15) is 11.8 Å². The minimum Gasteiger partial charge on any atom is -0.480 e. The van der Waals surface area contributed by atoms with E-state index in [1.165, 1.54) is 11.1 Å². The van der Waals surface area contributed by atoms with Crippen molar-refractivity contribution in [2.45, 2.75) is 31.8 Å². The molecule has 7 nitrogen and oxygen atoms in total. The fraction of sp³-hybridized carbons (Fsp3) is 0.400. The highest BCUT2D eigenvalue weighted by Crippen LogP contribution is 2.21. The molecule has 0 bridgehead atoms. The normalized spacial score (nSPS) is 18.1. The van der Waals surface area contributed by atoms with E-state index in [1.54, 1.807) is 23.0 Å². The molecule has 1 fully saturated rings. The van der Waals surface area contributed by atoms with Crippen molar-refractivity contribution in [3.05, 3.63) is 41.1 Å². The van der Waals surface area contributed by atoms with E-state index in [9.17, 15) is 14.7 Å². The van der Waals surface area contributed by atoms with Crippen molar-refractivity contribution in [2.75, 3.05) is 6.54 Å². The molecule has 1 N–H and O–H groups in total. The van der Waals surface area contributed by atoms with Gasteiger partial charge < -0.3 is 14.4 Å². The van der Waals surface area contributed by atoms with E-state index >= 15 is 0 Å². The molecule has 0 saturated carbocycles. The first-order valence-corrected chi connectivity index (χ1v) is 7.73. The summed E-state index contributed by atoms with van der Waals surface area (Å²) in [4.78, 5) is 25.2. The van der Waals surface area contributed by atoms with Crippen LogP contribution in [0.3, 0.4) is 0 Å². The topological polar surface area (TPSA) is 88.6 Å². The Hall–Kier alpha value is -2.28. The van der Waals surface area contributed by atoms with E-state index in [4.69, 9.17) is 16.0 Å². The average Bonchev–Trinajstić information content (AvgIpc) is 3.16. The number of hydrogen-bond acceptors (Lipinski definition) is 4. The first-order chi connectivity index (χ1) is 11.0. The second-order valence-electron chi connectivity index (χ2n) is 5.47. The number of aliphatic carboxylic acids is 1. The Balaban J connectivity index is 1.73. The number of rotatable bonds is 4. The Bertz CT molecular complexity index is 724. The van der Waals surface area contributed by atoms with Crippen LogP contribution < -0.4 is 0 Å². The summed E-state index contributed by atoms with van der Waals surface area (Å²) in [5, 5.41) is 13.8. The maximum Gasteiger partial charge on any atom is 0.326 e. The van der Waals surface area contributed by atoms with Gasteiger partial charge in [-0.1, -0.05) is 11.6 Å². The second kappa shape index (κ2) is 6.45. The molecule has 1 aliphatic heterocycles. The molecule has 8 heteroatoms. The third-order valence-corrected chi connectivity index (χ3v) is 4.04. The highest BCUT2D eigenvalue weighted by Gasteiger charge is 2.33. The third-order valence-electron chi connectivity index (χ3n) is 3.84. The zero-order chi connectivity index (χ0) is 16.4. The predicted molar refractivity (Wildman–Crippen MR) is 81.4 cm³/mol. The summed E-state index contributed by atoms with van der Waals surface area (Å²) in [6, 6.07) is 2.47. The van der Waals surface area contributed by atoms with E-state index in [0.29, 0.717) is 30.3 Å². The Labute approximate surface area is 137 Å². The van der Waals surface area contributed by atoms with Gasteiger partial charge in [0.05, 0.1) is 17.8 Å². The summed E-state index contributed by atoms with van der Waals surface area (Å²) in [5.74, 6) is -0.665. The number of furan rings is 1. The van der Waals surface area contributed by atoms with Crippen molar-refractivity contribution >= 4 is 23.5 Å². The van der Waals surface area contributed by atoms with Crippen LogP contribution in [0.25, 0.3) is 0 Å². The lowest BCUT2D eigenvalue weighted by Crippen LogP contribution is -2.47. The van der Waals surface area contributed by atoms with Crippen molar-refractivity contribution in [2.24, 2.45) is 0 Å². The number of hydrogen-bond donors (Lipinski definition) is 1. The van der Waals surface area contributed by atoms with Crippen LogP contribution >= 0.6 is 11.6 Å². The summed E-state index contributed by atoms with van der Waals surface area (Å²) in [6.07, 6.45) is 5.25. The van der Waals surface area contributed by atoms with Crippen LogP contribution in [0.4, 0.5) is 0 Å². The summed E-state index contributed by atoms with van der Waals surface area (Å²) >= 11 is 5.80. The highest BCUT2D eigenvalue weighted by atomic mass is 35.5. The number of piperidine rings is 1. The van der Waals surface area contributed by atoms with E-state index in [0.717, 1.165) is 12.8 Å². The van der Waals surface area contributed by atoms with Gasteiger partial charge in [0.25, 0.3) is 5.91 Å². The summed E-state index contributed by atoms with van der Waals surface area (Å²) in [5.41, 5.74) is 0. The maximum absolute atomic E-state index is 12.5. The summed E-state index contributed by atoms with van der Waals surface area (Å²) < 4.78 is 7.15. The maximum atomic E-state index is 12.5. The molecule has 122 valence electrons. The van der Waals surface area contributed by atoms with Gasteiger partial charge in [0.2, 0.25) is 0 Å². The highest BCUT2D eigenvalue weighted by molar-refractivity contribution is 6.30. The van der Waals surface area contributed by atoms with Gasteiger partial charge in [-0.2, -0.15) is 5.10 Å². The van der Waals surface area contributed by atoms with Gasteiger partial charge >= 0.3 is 5.97 Å². The standard InChI is InChI=1S/C15H16ClN3O4/c16-10-7-17-18(8-10)9-11-4-5-13(23-11)14(20)19-6-2-1-3-12(19)15(21)22/h4-5,7-8,12H,1-3,6,9H2,(H,21,22)/t12-/m0/s1. The van der Waals surface area contributed by atoms with Crippen molar-refractivity contribution < 1.29 is 19.1 Å². The lowest BCUT2D eigenvalue weighted by molar-refractivity contribution is -0.143. The fourth-order valence-electron chi connectivity index (χ4n) is 2.74. The number of carbonyl (C=O) groups excluding carboxylic acids is 1. The molecule has 0 radical (unpaired) electrons. The molecule has 0 unspecified atom stereocenters. The van der Waals surface area contributed by atoms with Gasteiger partial charge in [0.15, 0.2) is 5.76 Å². The minimum absolute atomic E-state index is 0.145. The number of carboxylic acid groups (broad SMARTS) is 1. The molecule has 1 aliphatic rings. The first-order valence-electron chi connectivity index (χ1n) is 7.35. The number of carbonyl (C=O) groups is 2. The first kappa shape index (κ1) is 15.6. The lowest BCUT2D eigenvalue weighted by atomic mass is 10.0. The molecule has 1 amide bonds. The minimum atomic E-state index is -0.976. The summed E-state index contributed by atoms with van der Waals surface area (Å²) in [6.45, 7) is 0.781. The Morgan fingerprint density at radius 3 is 2.91 bits per heavy atom. The molecule has 1 atom stereocenters. The molecule has 0 aromatic carbocycles. The monoisotopic (exact) mass is 337 g/mol. The molecular formula is C15H16ClN3O4. The molecule has 0 aliphatic carbocycles. The molecule has 1 saturated heterocycles. The smallest absolute Gasteiger partial charge is 0.326 e. The predicted octanol–water partition coefficient (Wildman–Crippen LogP) is 2.26. The molecule has 23 heavy (non-hydrogen) atoms. The third kappa shape index (κ3) is 3.39. The Kier molecular flexibility index (Phi) is 4.38. The lowest BCUT2D eigenvalue weighted by Gasteiger charge is -2.32. The number of amides is 1. The van der Waals surface area contributed by atoms with Gasteiger partial charge in [-0.15, -0.1) is 0 Å². The summed E-state index contributed by atoms with van der Waals surface area (Å²) in [7, 11) is 0. The van der Waals surface area contributed by atoms with Crippen molar-refractivity contribution in [1.82, 2.24) is 14.7 Å². The van der Waals surface area contributed by atoms with Crippen molar-refractivity contribution in [3.8, 4) is 0 Å². The van der Waals surface area contributed by atoms with Crippen molar-refractivity contribution in [3.63, 3.8) is 0 Å². The zero-order valence-electron chi connectivity index (χ0n) is 12.3. The van der Waals surface area contributed by atoms with E-state index in [1.807, 2.05) is 0 Å². The van der Waals surface area contributed by atoms with Gasteiger partial charge in [-0.05, 0) is 31.4 Å². The number of halogens is 1. The van der Waals surface area contributed by atoms with Crippen LogP contribution in [0, 0.1) is 0 Å². The van der Waals surface area contributed by atoms with Crippen LogP contribution in [0.1, 0.15) is 35.6 Å². The number of carboxylic acids is 1. The fourth-order valence-corrected chi connectivity index (χ4v) is 2.89. The van der Waals surface area contributed by atoms with Gasteiger partial charge in [-0.25, -0.2) is 4.79 Å². The molecule has 2 aromatic heterocycles. The molecular weight excluding hydrogens is 322 g/mol.